The molecule has 216 valence electrons. The van der Waals surface area contributed by atoms with Gasteiger partial charge in [-0.25, -0.2) is 0 Å². The summed E-state index contributed by atoms with van der Waals surface area (Å²) in [7, 11) is 0. The average molecular weight is 585 g/mol. The summed E-state index contributed by atoms with van der Waals surface area (Å²) < 4.78 is 0. The highest BCUT2D eigenvalue weighted by Crippen LogP contribution is 2.44. The molecule has 0 aliphatic rings. The third-order valence-corrected chi connectivity index (χ3v) is 9.20. The maximum atomic E-state index is 4.29. The summed E-state index contributed by atoms with van der Waals surface area (Å²) in [5, 5.41) is 7.36. The summed E-state index contributed by atoms with van der Waals surface area (Å²) in [6.45, 7) is 8.57. The van der Waals surface area contributed by atoms with Gasteiger partial charge in [-0.15, -0.1) is 0 Å². The van der Waals surface area contributed by atoms with Crippen molar-refractivity contribution in [2.24, 2.45) is 0 Å². The van der Waals surface area contributed by atoms with E-state index in [0.29, 0.717) is 0 Å². The number of hydrogen-bond donors (Lipinski definition) is 0. The summed E-state index contributed by atoms with van der Waals surface area (Å²) in [6, 6.07) is 57.0. The van der Waals surface area contributed by atoms with E-state index in [4.69, 9.17) is 0 Å². The van der Waals surface area contributed by atoms with Gasteiger partial charge in [0.15, 0.2) is 0 Å². The van der Waals surface area contributed by atoms with E-state index < -0.39 is 0 Å². The van der Waals surface area contributed by atoms with Crippen molar-refractivity contribution >= 4 is 44.5 Å². The number of benzene rings is 8. The molecule has 8 aromatic rings. The van der Waals surface area contributed by atoms with Crippen LogP contribution in [0.15, 0.2) is 171 Å². The van der Waals surface area contributed by atoms with Gasteiger partial charge in [0.05, 0.1) is 0 Å². The Hall–Kier alpha value is -5.98. The number of rotatable bonds is 6. The van der Waals surface area contributed by atoms with Crippen LogP contribution in [-0.2, 0) is 0 Å². The molecule has 0 N–H and O–H groups in total. The predicted molar refractivity (Wildman–Crippen MR) is 201 cm³/mol. The lowest BCUT2D eigenvalue weighted by Gasteiger charge is -2.20. The van der Waals surface area contributed by atoms with Gasteiger partial charge in [-0.2, -0.15) is 0 Å². The lowest BCUT2D eigenvalue weighted by atomic mass is 9.83. The van der Waals surface area contributed by atoms with Crippen LogP contribution in [0.5, 0.6) is 0 Å². The molecule has 0 nitrogen and oxygen atoms in total. The maximum Gasteiger partial charge on any atom is -0.00264 e. The SMILES string of the molecule is C=Cc1c(C=C)c(-c2ccc3ccccc3c2)c2ccccc2c1-c1ccc(-c2ccc3cc(-c4ccccc4)ccc3c2)cc1. The van der Waals surface area contributed by atoms with Gasteiger partial charge in [0.1, 0.15) is 0 Å². The van der Waals surface area contributed by atoms with Crippen LogP contribution in [-0.4, -0.2) is 0 Å². The smallest absolute Gasteiger partial charge is 0.00264 e. The topological polar surface area (TPSA) is 0 Å². The highest BCUT2D eigenvalue weighted by molar-refractivity contribution is 6.12. The predicted octanol–water partition coefficient (Wildman–Crippen LogP) is 13.1. The van der Waals surface area contributed by atoms with Gasteiger partial charge < -0.3 is 0 Å². The summed E-state index contributed by atoms with van der Waals surface area (Å²) in [5.74, 6) is 0. The largest absolute Gasteiger partial charge is 0.0984 e. The van der Waals surface area contributed by atoms with E-state index in [2.05, 4.69) is 171 Å². The van der Waals surface area contributed by atoms with E-state index in [-0.39, 0.29) is 0 Å². The molecule has 0 saturated heterocycles. The van der Waals surface area contributed by atoms with Crippen LogP contribution >= 0.6 is 0 Å². The summed E-state index contributed by atoms with van der Waals surface area (Å²) in [5.41, 5.74) is 11.8. The molecule has 0 atom stereocenters. The minimum atomic E-state index is 1.10. The Kier molecular flexibility index (Phi) is 6.89. The molecule has 8 aromatic carbocycles. The van der Waals surface area contributed by atoms with Gasteiger partial charge in [0.25, 0.3) is 0 Å². The van der Waals surface area contributed by atoms with Crippen molar-refractivity contribution in [1.82, 2.24) is 0 Å². The van der Waals surface area contributed by atoms with E-state index in [1.165, 1.54) is 71.3 Å². The molecule has 0 aromatic heterocycles. The first kappa shape index (κ1) is 27.6. The molecule has 0 heteroatoms. The van der Waals surface area contributed by atoms with E-state index >= 15 is 0 Å². The van der Waals surface area contributed by atoms with Crippen LogP contribution in [0.1, 0.15) is 11.1 Å². The molecular formula is C46H32. The molecule has 0 bridgehead atoms. The van der Waals surface area contributed by atoms with Crippen LogP contribution in [0.25, 0.3) is 89.0 Å². The standard InChI is InChI=1S/C46H32/c1-3-41-42(4-2)46(40-27-20-32-14-8-9-15-35(32)30-40)44-17-11-10-16-43(44)45(41)34-21-18-33(19-22-34)37-24-26-38-28-36(23-25-39(38)29-37)31-12-6-5-7-13-31/h3-30H,1-2H2. The van der Waals surface area contributed by atoms with Crippen LogP contribution in [0.4, 0.5) is 0 Å². The maximum absolute atomic E-state index is 4.29. The zero-order chi connectivity index (χ0) is 31.0. The van der Waals surface area contributed by atoms with Crippen LogP contribution in [0.2, 0.25) is 0 Å². The second kappa shape index (κ2) is 11.5. The highest BCUT2D eigenvalue weighted by atomic mass is 14.2. The minimum absolute atomic E-state index is 1.10. The monoisotopic (exact) mass is 584 g/mol. The van der Waals surface area contributed by atoms with Crippen molar-refractivity contribution in [3.8, 4) is 44.5 Å². The van der Waals surface area contributed by atoms with Crippen molar-refractivity contribution < 1.29 is 0 Å². The lowest BCUT2D eigenvalue weighted by molar-refractivity contribution is 1.58. The van der Waals surface area contributed by atoms with E-state index in [1.807, 2.05) is 12.2 Å². The first-order valence-corrected chi connectivity index (χ1v) is 15.7. The first-order valence-electron chi connectivity index (χ1n) is 15.7. The van der Waals surface area contributed by atoms with Gasteiger partial charge in [-0.3, -0.25) is 0 Å². The van der Waals surface area contributed by atoms with Gasteiger partial charge >= 0.3 is 0 Å². The summed E-state index contributed by atoms with van der Waals surface area (Å²) in [6.07, 6.45) is 3.98. The fourth-order valence-corrected chi connectivity index (χ4v) is 6.93. The molecule has 0 spiro atoms. The van der Waals surface area contributed by atoms with E-state index in [9.17, 15) is 0 Å². The molecule has 0 aliphatic heterocycles. The summed E-state index contributed by atoms with van der Waals surface area (Å²) in [4.78, 5) is 0. The molecule has 8 rings (SSSR count). The Bertz CT molecular complexity index is 2430. The molecule has 0 unspecified atom stereocenters. The van der Waals surface area contributed by atoms with Crippen molar-refractivity contribution in [3.63, 3.8) is 0 Å². The third kappa shape index (κ3) is 4.72. The second-order valence-corrected chi connectivity index (χ2v) is 11.8. The molecule has 0 radical (unpaired) electrons. The Labute approximate surface area is 270 Å². The van der Waals surface area contributed by atoms with Crippen LogP contribution < -0.4 is 0 Å². The quantitative estimate of drug-likeness (QED) is 0.182. The van der Waals surface area contributed by atoms with Crippen molar-refractivity contribution in [1.29, 1.82) is 0 Å². The second-order valence-electron chi connectivity index (χ2n) is 11.8. The molecule has 46 heavy (non-hydrogen) atoms. The molecule has 0 aliphatic carbocycles. The number of hydrogen-bond acceptors (Lipinski definition) is 0. The number of fused-ring (bicyclic) bond motifs is 3. The van der Waals surface area contributed by atoms with Gasteiger partial charge in [-0.1, -0.05) is 165 Å². The van der Waals surface area contributed by atoms with Gasteiger partial charge in [0.2, 0.25) is 0 Å². The van der Waals surface area contributed by atoms with Crippen molar-refractivity contribution in [2.75, 3.05) is 0 Å². The minimum Gasteiger partial charge on any atom is -0.0984 e. The third-order valence-electron chi connectivity index (χ3n) is 9.20. The average Bonchev–Trinajstić information content (AvgIpc) is 3.13. The lowest BCUT2D eigenvalue weighted by Crippen LogP contribution is -1.96. The molecular weight excluding hydrogens is 553 g/mol. The molecule has 0 saturated carbocycles. The van der Waals surface area contributed by atoms with Gasteiger partial charge in [0, 0.05) is 0 Å². The zero-order valence-electron chi connectivity index (χ0n) is 25.6. The molecule has 0 heterocycles. The Morgan fingerprint density at radius 2 is 0.696 bits per heavy atom. The first-order chi connectivity index (χ1) is 22.7. The normalized spacial score (nSPS) is 11.2. The fraction of sp³-hybridized carbons (Fsp3) is 0. The van der Waals surface area contributed by atoms with Gasteiger partial charge in [-0.05, 0) is 106 Å². The van der Waals surface area contributed by atoms with E-state index in [1.54, 1.807) is 0 Å². The Balaban J connectivity index is 1.22. The molecule has 0 amide bonds. The van der Waals surface area contributed by atoms with E-state index in [0.717, 1.165) is 16.7 Å². The van der Waals surface area contributed by atoms with Crippen LogP contribution in [0, 0.1) is 0 Å². The highest BCUT2D eigenvalue weighted by Gasteiger charge is 2.19. The Morgan fingerprint density at radius 3 is 1.30 bits per heavy atom. The van der Waals surface area contributed by atoms with Crippen molar-refractivity contribution in [3.05, 3.63) is 182 Å². The molecule has 0 fully saturated rings. The Morgan fingerprint density at radius 1 is 0.304 bits per heavy atom. The zero-order valence-corrected chi connectivity index (χ0v) is 25.6. The summed E-state index contributed by atoms with van der Waals surface area (Å²) >= 11 is 0. The fourth-order valence-electron chi connectivity index (χ4n) is 6.93. The van der Waals surface area contributed by atoms with Crippen LogP contribution in [0.3, 0.4) is 0 Å². The van der Waals surface area contributed by atoms with Crippen molar-refractivity contribution in [2.45, 2.75) is 0 Å².